The van der Waals surface area contributed by atoms with E-state index >= 15 is 0 Å². The number of carboxylic acids is 1. The molecule has 0 radical (unpaired) electrons. The molecule has 1 fully saturated rings. The van der Waals surface area contributed by atoms with Gasteiger partial charge in [-0.05, 0) is 30.4 Å². The van der Waals surface area contributed by atoms with Crippen molar-refractivity contribution in [3.8, 4) is 0 Å². The second kappa shape index (κ2) is 4.31. The molecule has 0 saturated carbocycles. The summed E-state index contributed by atoms with van der Waals surface area (Å²) in [6.45, 7) is 6.44. The third kappa shape index (κ3) is 2.72. The molecule has 0 amide bonds. The third-order valence-corrected chi connectivity index (χ3v) is 3.31. The third-order valence-electron chi connectivity index (χ3n) is 3.31. The van der Waals surface area contributed by atoms with E-state index in [1.165, 1.54) is 6.07 Å². The van der Waals surface area contributed by atoms with Crippen LogP contribution in [0.4, 0.5) is 5.82 Å². The number of piperidine rings is 1. The lowest BCUT2D eigenvalue weighted by Crippen LogP contribution is -2.37. The molecule has 5 nitrogen and oxygen atoms in total. The van der Waals surface area contributed by atoms with Gasteiger partial charge in [0.25, 0.3) is 0 Å². The van der Waals surface area contributed by atoms with Crippen LogP contribution in [0.5, 0.6) is 0 Å². The first kappa shape index (κ1) is 11.8. The zero-order valence-electron chi connectivity index (χ0n) is 10.2. The number of carboxylic acid groups (broad SMARTS) is 1. The molecular weight excluding hydrogens is 218 g/mol. The van der Waals surface area contributed by atoms with Gasteiger partial charge in [-0.25, -0.2) is 4.79 Å². The first-order valence-corrected chi connectivity index (χ1v) is 5.80. The van der Waals surface area contributed by atoms with E-state index in [0.717, 1.165) is 31.7 Å². The Morgan fingerprint density at radius 3 is 2.41 bits per heavy atom. The quantitative estimate of drug-likeness (QED) is 0.846. The number of anilines is 1. The van der Waals surface area contributed by atoms with Crippen molar-refractivity contribution >= 4 is 11.8 Å². The van der Waals surface area contributed by atoms with E-state index in [9.17, 15) is 4.79 Å². The van der Waals surface area contributed by atoms with Gasteiger partial charge in [0.1, 0.15) is 0 Å². The molecular formula is C12H17N3O2. The van der Waals surface area contributed by atoms with Crippen LogP contribution in [0.3, 0.4) is 0 Å². The first-order valence-electron chi connectivity index (χ1n) is 5.80. The van der Waals surface area contributed by atoms with E-state index in [2.05, 4.69) is 28.9 Å². The molecule has 1 aliphatic rings. The molecule has 1 saturated heterocycles. The van der Waals surface area contributed by atoms with E-state index in [-0.39, 0.29) is 5.69 Å². The highest BCUT2D eigenvalue weighted by atomic mass is 16.4. The second-order valence-electron chi connectivity index (χ2n) is 5.23. The van der Waals surface area contributed by atoms with Gasteiger partial charge < -0.3 is 10.0 Å². The van der Waals surface area contributed by atoms with Gasteiger partial charge in [-0.3, -0.25) is 0 Å². The van der Waals surface area contributed by atoms with Crippen LogP contribution < -0.4 is 4.90 Å². The lowest BCUT2D eigenvalue weighted by Gasteiger charge is -2.37. The Kier molecular flexibility index (Phi) is 3.00. The minimum atomic E-state index is -1.04. The topological polar surface area (TPSA) is 66.3 Å². The highest BCUT2D eigenvalue weighted by Gasteiger charge is 2.26. The predicted octanol–water partition coefficient (Wildman–Crippen LogP) is 1.80. The van der Waals surface area contributed by atoms with Crippen LogP contribution in [0.25, 0.3) is 0 Å². The van der Waals surface area contributed by atoms with Crippen LogP contribution in [0.15, 0.2) is 12.1 Å². The van der Waals surface area contributed by atoms with Crippen LogP contribution in [-0.2, 0) is 0 Å². The number of hydrogen-bond donors (Lipinski definition) is 1. The van der Waals surface area contributed by atoms with Gasteiger partial charge in [-0.15, -0.1) is 10.2 Å². The summed E-state index contributed by atoms with van der Waals surface area (Å²) in [6, 6.07) is 3.24. The Morgan fingerprint density at radius 2 is 1.94 bits per heavy atom. The normalized spacial score (nSPS) is 19.1. The Balaban J connectivity index is 2.06. The highest BCUT2D eigenvalue weighted by molar-refractivity contribution is 5.85. The molecule has 0 spiro atoms. The van der Waals surface area contributed by atoms with Crippen molar-refractivity contribution in [2.45, 2.75) is 26.7 Å². The number of carbonyl (C=O) groups is 1. The highest BCUT2D eigenvalue weighted by Crippen LogP contribution is 2.31. The maximum Gasteiger partial charge on any atom is 0.356 e. The minimum absolute atomic E-state index is 0.00825. The summed E-state index contributed by atoms with van der Waals surface area (Å²) in [4.78, 5) is 12.8. The molecule has 2 heterocycles. The number of rotatable bonds is 2. The predicted molar refractivity (Wildman–Crippen MR) is 64.2 cm³/mol. The van der Waals surface area contributed by atoms with Crippen LogP contribution in [0.2, 0.25) is 0 Å². The average Bonchev–Trinajstić information content (AvgIpc) is 2.29. The Bertz CT molecular complexity index is 404. The fraction of sp³-hybridized carbons (Fsp3) is 0.583. The molecule has 0 aromatic carbocycles. The van der Waals surface area contributed by atoms with Crippen molar-refractivity contribution in [1.29, 1.82) is 0 Å². The maximum absolute atomic E-state index is 10.7. The van der Waals surface area contributed by atoms with Gasteiger partial charge >= 0.3 is 5.97 Å². The molecule has 17 heavy (non-hydrogen) atoms. The smallest absolute Gasteiger partial charge is 0.356 e. The number of hydrogen-bond acceptors (Lipinski definition) is 4. The maximum atomic E-state index is 10.7. The molecule has 0 unspecified atom stereocenters. The molecule has 0 bridgehead atoms. The summed E-state index contributed by atoms with van der Waals surface area (Å²) in [5.74, 6) is -0.269. The second-order valence-corrected chi connectivity index (χ2v) is 5.23. The van der Waals surface area contributed by atoms with Crippen LogP contribution in [-0.4, -0.2) is 34.4 Å². The van der Waals surface area contributed by atoms with Gasteiger partial charge in [0.15, 0.2) is 11.5 Å². The fourth-order valence-electron chi connectivity index (χ4n) is 1.95. The van der Waals surface area contributed by atoms with E-state index < -0.39 is 5.97 Å². The summed E-state index contributed by atoms with van der Waals surface area (Å²) >= 11 is 0. The monoisotopic (exact) mass is 235 g/mol. The minimum Gasteiger partial charge on any atom is -0.476 e. The molecule has 92 valence electrons. The number of aromatic carboxylic acids is 1. The largest absolute Gasteiger partial charge is 0.476 e. The van der Waals surface area contributed by atoms with E-state index in [1.54, 1.807) is 6.07 Å². The Morgan fingerprint density at radius 1 is 1.29 bits per heavy atom. The lowest BCUT2D eigenvalue weighted by molar-refractivity contribution is 0.0689. The van der Waals surface area contributed by atoms with Crippen molar-refractivity contribution in [2.24, 2.45) is 5.41 Å². The lowest BCUT2D eigenvalue weighted by atomic mass is 9.83. The standard InChI is InChI=1S/C12H17N3O2/c1-12(2)5-7-15(8-6-12)10-4-3-9(11(16)17)13-14-10/h3-4H,5-8H2,1-2H3,(H,16,17). The fourth-order valence-corrected chi connectivity index (χ4v) is 1.95. The van der Waals surface area contributed by atoms with E-state index in [1.807, 2.05) is 0 Å². The molecule has 1 aliphatic heterocycles. The molecule has 1 N–H and O–H groups in total. The zero-order chi connectivity index (χ0) is 12.5. The van der Waals surface area contributed by atoms with Crippen molar-refractivity contribution in [3.05, 3.63) is 17.8 Å². The van der Waals surface area contributed by atoms with Crippen LogP contribution in [0.1, 0.15) is 37.2 Å². The van der Waals surface area contributed by atoms with Crippen molar-refractivity contribution in [1.82, 2.24) is 10.2 Å². The molecule has 1 aromatic heterocycles. The van der Waals surface area contributed by atoms with Gasteiger partial charge in [0.2, 0.25) is 0 Å². The van der Waals surface area contributed by atoms with Crippen molar-refractivity contribution in [3.63, 3.8) is 0 Å². The van der Waals surface area contributed by atoms with E-state index in [4.69, 9.17) is 5.11 Å². The molecule has 5 heteroatoms. The summed E-state index contributed by atoms with van der Waals surface area (Å²) in [6.07, 6.45) is 2.24. The van der Waals surface area contributed by atoms with Crippen molar-refractivity contribution < 1.29 is 9.90 Å². The van der Waals surface area contributed by atoms with Crippen molar-refractivity contribution in [2.75, 3.05) is 18.0 Å². The SMILES string of the molecule is CC1(C)CCN(c2ccc(C(=O)O)nn2)CC1. The molecule has 1 aromatic rings. The molecule has 0 aliphatic carbocycles. The average molecular weight is 235 g/mol. The summed E-state index contributed by atoms with van der Waals surface area (Å²) < 4.78 is 0. The Labute approximate surface area is 100 Å². The van der Waals surface area contributed by atoms with Crippen LogP contribution >= 0.6 is 0 Å². The molecule has 0 atom stereocenters. The summed E-state index contributed by atoms with van der Waals surface area (Å²) in [5.41, 5.74) is 0.386. The van der Waals surface area contributed by atoms with Gasteiger partial charge in [-0.1, -0.05) is 13.8 Å². The van der Waals surface area contributed by atoms with Crippen LogP contribution in [0, 0.1) is 5.41 Å². The van der Waals surface area contributed by atoms with E-state index in [0.29, 0.717) is 5.41 Å². The number of nitrogens with zero attached hydrogens (tertiary/aromatic N) is 3. The summed E-state index contributed by atoms with van der Waals surface area (Å²) in [7, 11) is 0. The van der Waals surface area contributed by atoms with Gasteiger partial charge in [-0.2, -0.15) is 0 Å². The summed E-state index contributed by atoms with van der Waals surface area (Å²) in [5, 5.41) is 16.4. The number of aromatic nitrogens is 2. The van der Waals surface area contributed by atoms with Gasteiger partial charge in [0.05, 0.1) is 0 Å². The van der Waals surface area contributed by atoms with Gasteiger partial charge in [0, 0.05) is 13.1 Å². The first-order chi connectivity index (χ1) is 7.98. The Hall–Kier alpha value is -1.65. The molecule has 2 rings (SSSR count). The zero-order valence-corrected chi connectivity index (χ0v) is 10.2.